The summed E-state index contributed by atoms with van der Waals surface area (Å²) in [6, 6.07) is 2.09. The average Bonchev–Trinajstić information content (AvgIpc) is 3.04. The molecule has 0 aromatic carbocycles. The quantitative estimate of drug-likeness (QED) is 0.926. The van der Waals surface area contributed by atoms with Crippen molar-refractivity contribution in [2.75, 3.05) is 31.1 Å². The molecule has 0 bridgehead atoms. The standard InChI is InChI=1S/C16H22N4S/c1-6-17-7-2-12(1)13-3-8-20(9-4-13)16-15-14(5-10-21-15)18-11-19-16/h5,10-13,17H,1-4,6-9H2. The number of anilines is 1. The number of piperidine rings is 2. The minimum atomic E-state index is 0.920. The summed E-state index contributed by atoms with van der Waals surface area (Å²) in [5.41, 5.74) is 1.09. The Labute approximate surface area is 129 Å². The van der Waals surface area contributed by atoms with Crippen molar-refractivity contribution in [1.29, 1.82) is 0 Å². The van der Waals surface area contributed by atoms with E-state index in [1.807, 2.05) is 0 Å². The monoisotopic (exact) mass is 302 g/mol. The predicted molar refractivity (Wildman–Crippen MR) is 87.9 cm³/mol. The van der Waals surface area contributed by atoms with E-state index >= 15 is 0 Å². The fraction of sp³-hybridized carbons (Fsp3) is 0.625. The number of hydrogen-bond acceptors (Lipinski definition) is 5. The van der Waals surface area contributed by atoms with Crippen LogP contribution in [0.15, 0.2) is 17.8 Å². The molecule has 2 saturated heterocycles. The highest BCUT2D eigenvalue weighted by atomic mass is 32.1. The SMILES string of the molecule is c1nc(N2CCC(C3CCNCC3)CC2)c2sccc2n1. The summed E-state index contributed by atoms with van der Waals surface area (Å²) in [5, 5.41) is 5.60. The normalized spacial score (nSPS) is 22.0. The highest BCUT2D eigenvalue weighted by Gasteiger charge is 2.28. The zero-order chi connectivity index (χ0) is 14.1. The zero-order valence-corrected chi connectivity index (χ0v) is 13.1. The lowest BCUT2D eigenvalue weighted by Crippen LogP contribution is -2.39. The number of thiophene rings is 1. The maximum Gasteiger partial charge on any atom is 0.150 e. The van der Waals surface area contributed by atoms with E-state index in [1.54, 1.807) is 17.7 Å². The van der Waals surface area contributed by atoms with E-state index < -0.39 is 0 Å². The van der Waals surface area contributed by atoms with Gasteiger partial charge >= 0.3 is 0 Å². The molecule has 0 unspecified atom stereocenters. The zero-order valence-electron chi connectivity index (χ0n) is 12.3. The molecule has 4 heterocycles. The van der Waals surface area contributed by atoms with Gasteiger partial charge in [0.2, 0.25) is 0 Å². The second-order valence-electron chi connectivity index (χ2n) is 6.24. The van der Waals surface area contributed by atoms with Crippen LogP contribution in [0.25, 0.3) is 10.2 Å². The Balaban J connectivity index is 1.46. The fourth-order valence-electron chi connectivity index (χ4n) is 3.90. The Hall–Kier alpha value is -1.20. The van der Waals surface area contributed by atoms with E-state index in [4.69, 9.17) is 0 Å². The number of hydrogen-bond donors (Lipinski definition) is 1. The maximum atomic E-state index is 4.56. The molecule has 5 heteroatoms. The Morgan fingerprint density at radius 2 is 1.81 bits per heavy atom. The molecular weight excluding hydrogens is 280 g/mol. The summed E-state index contributed by atoms with van der Waals surface area (Å²) >= 11 is 1.76. The van der Waals surface area contributed by atoms with Gasteiger partial charge in [-0.3, -0.25) is 0 Å². The van der Waals surface area contributed by atoms with Gasteiger partial charge in [0.05, 0.1) is 10.2 Å². The summed E-state index contributed by atoms with van der Waals surface area (Å²) in [4.78, 5) is 11.4. The second-order valence-corrected chi connectivity index (χ2v) is 7.16. The summed E-state index contributed by atoms with van der Waals surface area (Å²) in [6.45, 7) is 4.73. The number of rotatable bonds is 2. The number of nitrogens with one attached hydrogen (secondary N) is 1. The van der Waals surface area contributed by atoms with E-state index in [1.165, 1.54) is 43.5 Å². The predicted octanol–water partition coefficient (Wildman–Crippen LogP) is 2.91. The molecule has 0 atom stereocenters. The summed E-state index contributed by atoms with van der Waals surface area (Å²) in [5.74, 6) is 3.02. The Bertz CT molecular complexity index is 597. The molecule has 4 rings (SSSR count). The van der Waals surface area contributed by atoms with Gasteiger partial charge in [-0.25, -0.2) is 9.97 Å². The molecule has 0 aliphatic carbocycles. The highest BCUT2D eigenvalue weighted by Crippen LogP contribution is 2.34. The number of aromatic nitrogens is 2. The molecule has 1 N–H and O–H groups in total. The van der Waals surface area contributed by atoms with Gasteiger partial charge in [0, 0.05) is 13.1 Å². The van der Waals surface area contributed by atoms with Gasteiger partial charge in [0.25, 0.3) is 0 Å². The second kappa shape index (κ2) is 5.89. The molecule has 0 saturated carbocycles. The smallest absolute Gasteiger partial charge is 0.150 e. The first-order valence-electron chi connectivity index (χ1n) is 8.05. The molecule has 2 fully saturated rings. The first-order valence-corrected chi connectivity index (χ1v) is 8.93. The summed E-state index contributed by atoms with van der Waals surface area (Å²) in [6.07, 6.45) is 7.09. The first-order chi connectivity index (χ1) is 10.4. The van der Waals surface area contributed by atoms with Gasteiger partial charge in [-0.1, -0.05) is 0 Å². The molecule has 0 spiro atoms. The van der Waals surface area contributed by atoms with Crippen LogP contribution in [0.2, 0.25) is 0 Å². The van der Waals surface area contributed by atoms with Crippen LogP contribution in [-0.2, 0) is 0 Å². The Kier molecular flexibility index (Phi) is 3.78. The van der Waals surface area contributed by atoms with Gasteiger partial charge in [0.15, 0.2) is 0 Å². The van der Waals surface area contributed by atoms with Gasteiger partial charge < -0.3 is 10.2 Å². The topological polar surface area (TPSA) is 41.1 Å². The van der Waals surface area contributed by atoms with Gasteiger partial charge in [0.1, 0.15) is 12.1 Å². The van der Waals surface area contributed by atoms with Crippen molar-refractivity contribution in [1.82, 2.24) is 15.3 Å². The van der Waals surface area contributed by atoms with Crippen LogP contribution < -0.4 is 10.2 Å². The Morgan fingerprint density at radius 1 is 1.05 bits per heavy atom. The number of nitrogens with zero attached hydrogens (tertiary/aromatic N) is 3. The minimum Gasteiger partial charge on any atom is -0.355 e. The van der Waals surface area contributed by atoms with Gasteiger partial charge in [-0.2, -0.15) is 0 Å². The molecular formula is C16H22N4S. The molecule has 2 aromatic heterocycles. The molecule has 2 aliphatic heterocycles. The molecule has 21 heavy (non-hydrogen) atoms. The van der Waals surface area contributed by atoms with Crippen molar-refractivity contribution >= 4 is 27.4 Å². The van der Waals surface area contributed by atoms with E-state index in [9.17, 15) is 0 Å². The van der Waals surface area contributed by atoms with Crippen LogP contribution in [-0.4, -0.2) is 36.1 Å². The Morgan fingerprint density at radius 3 is 2.62 bits per heavy atom. The largest absolute Gasteiger partial charge is 0.355 e. The average molecular weight is 302 g/mol. The highest BCUT2D eigenvalue weighted by molar-refractivity contribution is 7.17. The van der Waals surface area contributed by atoms with E-state index in [2.05, 4.69) is 31.6 Å². The molecule has 4 nitrogen and oxygen atoms in total. The van der Waals surface area contributed by atoms with E-state index in [0.29, 0.717) is 0 Å². The molecule has 0 amide bonds. The van der Waals surface area contributed by atoms with Crippen LogP contribution in [0, 0.1) is 11.8 Å². The van der Waals surface area contributed by atoms with Crippen molar-refractivity contribution in [2.45, 2.75) is 25.7 Å². The summed E-state index contributed by atoms with van der Waals surface area (Å²) in [7, 11) is 0. The molecule has 0 radical (unpaired) electrons. The first kappa shape index (κ1) is 13.5. The fourth-order valence-corrected chi connectivity index (χ4v) is 4.76. The number of fused-ring (bicyclic) bond motifs is 1. The molecule has 2 aliphatic rings. The van der Waals surface area contributed by atoms with E-state index in [0.717, 1.165) is 36.3 Å². The van der Waals surface area contributed by atoms with E-state index in [-0.39, 0.29) is 0 Å². The van der Waals surface area contributed by atoms with Crippen molar-refractivity contribution in [3.8, 4) is 0 Å². The van der Waals surface area contributed by atoms with Crippen molar-refractivity contribution in [3.05, 3.63) is 17.8 Å². The van der Waals surface area contributed by atoms with Crippen molar-refractivity contribution < 1.29 is 0 Å². The van der Waals surface area contributed by atoms with Gasteiger partial charge in [-0.05, 0) is 62.1 Å². The third-order valence-corrected chi connectivity index (χ3v) is 6.01. The maximum absolute atomic E-state index is 4.56. The molecule has 2 aromatic rings. The van der Waals surface area contributed by atoms with Crippen molar-refractivity contribution in [2.24, 2.45) is 11.8 Å². The third kappa shape index (κ3) is 2.64. The van der Waals surface area contributed by atoms with Crippen LogP contribution >= 0.6 is 11.3 Å². The van der Waals surface area contributed by atoms with Crippen LogP contribution in [0.5, 0.6) is 0 Å². The lowest BCUT2D eigenvalue weighted by molar-refractivity contribution is 0.222. The van der Waals surface area contributed by atoms with Crippen LogP contribution in [0.1, 0.15) is 25.7 Å². The molecule has 112 valence electrons. The third-order valence-electron chi connectivity index (χ3n) is 5.11. The van der Waals surface area contributed by atoms with Crippen LogP contribution in [0.4, 0.5) is 5.82 Å². The van der Waals surface area contributed by atoms with Crippen molar-refractivity contribution in [3.63, 3.8) is 0 Å². The lowest BCUT2D eigenvalue weighted by Gasteiger charge is -2.38. The minimum absolute atomic E-state index is 0.920. The summed E-state index contributed by atoms with van der Waals surface area (Å²) < 4.78 is 1.25. The van der Waals surface area contributed by atoms with Crippen LogP contribution in [0.3, 0.4) is 0 Å². The lowest BCUT2D eigenvalue weighted by atomic mass is 9.79. The van der Waals surface area contributed by atoms with Gasteiger partial charge in [-0.15, -0.1) is 11.3 Å².